The Bertz CT molecular complexity index is 770. The number of likely N-dealkylation sites (tertiary alicyclic amines) is 1. The number of carbonyl (C=O) groups excluding carboxylic acids is 2. The molecule has 4 rings (SSSR count). The van der Waals surface area contributed by atoms with Gasteiger partial charge < -0.3 is 4.90 Å². The second-order valence-corrected chi connectivity index (χ2v) is 7.91. The van der Waals surface area contributed by atoms with Gasteiger partial charge in [-0.15, -0.1) is 23.7 Å². The van der Waals surface area contributed by atoms with Crippen molar-refractivity contribution >= 4 is 35.4 Å². The van der Waals surface area contributed by atoms with Gasteiger partial charge in [0.2, 0.25) is 0 Å². The fourth-order valence-electron chi connectivity index (χ4n) is 3.82. The summed E-state index contributed by atoms with van der Waals surface area (Å²) in [5.74, 6) is 0.927. The van der Waals surface area contributed by atoms with Crippen LogP contribution in [0.5, 0.6) is 0 Å². The van der Waals surface area contributed by atoms with E-state index in [-0.39, 0.29) is 24.1 Å². The number of thiophene rings is 1. The summed E-state index contributed by atoms with van der Waals surface area (Å²) in [4.78, 5) is 29.8. The highest BCUT2D eigenvalue weighted by molar-refractivity contribution is 7.12. The monoisotopic (exact) mass is 390 g/mol. The van der Waals surface area contributed by atoms with Crippen LogP contribution < -0.4 is 0 Å². The molecule has 2 aromatic rings. The number of amides is 1. The molecule has 0 spiro atoms. The van der Waals surface area contributed by atoms with E-state index in [9.17, 15) is 9.59 Å². The van der Waals surface area contributed by atoms with E-state index in [4.69, 9.17) is 0 Å². The lowest BCUT2D eigenvalue weighted by Gasteiger charge is -2.33. The van der Waals surface area contributed by atoms with Crippen molar-refractivity contribution in [1.82, 2.24) is 9.80 Å². The molecule has 2 aliphatic heterocycles. The van der Waals surface area contributed by atoms with Crippen molar-refractivity contribution in [3.05, 3.63) is 57.8 Å². The van der Waals surface area contributed by atoms with Gasteiger partial charge in [-0.3, -0.25) is 14.5 Å². The molecule has 1 fully saturated rings. The van der Waals surface area contributed by atoms with Gasteiger partial charge in [-0.25, -0.2) is 0 Å². The fourth-order valence-corrected chi connectivity index (χ4v) is 4.48. The van der Waals surface area contributed by atoms with Crippen LogP contribution in [0.3, 0.4) is 0 Å². The van der Waals surface area contributed by atoms with Crippen molar-refractivity contribution in [2.75, 3.05) is 26.2 Å². The van der Waals surface area contributed by atoms with Crippen molar-refractivity contribution in [3.8, 4) is 0 Å². The quantitative estimate of drug-likeness (QED) is 0.730. The molecule has 3 heterocycles. The molecule has 0 unspecified atom stereocenters. The van der Waals surface area contributed by atoms with Crippen LogP contribution in [0.4, 0.5) is 0 Å². The maximum atomic E-state index is 12.5. The van der Waals surface area contributed by atoms with E-state index in [2.05, 4.69) is 4.90 Å². The minimum absolute atomic E-state index is 0. The number of nitrogens with zero attached hydrogens (tertiary/aromatic N) is 2. The summed E-state index contributed by atoms with van der Waals surface area (Å²) in [5.41, 5.74) is 2.01. The molecule has 6 heteroatoms. The first-order chi connectivity index (χ1) is 12.2. The molecule has 0 bridgehead atoms. The second-order valence-electron chi connectivity index (χ2n) is 6.96. The number of piperidine rings is 1. The van der Waals surface area contributed by atoms with Gasteiger partial charge in [0.25, 0.3) is 5.91 Å². The predicted octanol–water partition coefficient (Wildman–Crippen LogP) is 3.72. The van der Waals surface area contributed by atoms with Gasteiger partial charge in [0.15, 0.2) is 5.78 Å². The van der Waals surface area contributed by atoms with E-state index in [1.54, 1.807) is 0 Å². The van der Waals surface area contributed by atoms with E-state index < -0.39 is 0 Å². The van der Waals surface area contributed by atoms with Gasteiger partial charge in [-0.2, -0.15) is 0 Å². The molecule has 0 atom stereocenters. The van der Waals surface area contributed by atoms with Crippen LogP contribution in [0.1, 0.15) is 38.4 Å². The topological polar surface area (TPSA) is 40.6 Å². The lowest BCUT2D eigenvalue weighted by molar-refractivity contribution is 0.0708. The summed E-state index contributed by atoms with van der Waals surface area (Å²) in [7, 11) is 0. The minimum atomic E-state index is 0. The number of hydrogen-bond donors (Lipinski definition) is 0. The number of carbonyl (C=O) groups is 2. The van der Waals surface area contributed by atoms with Gasteiger partial charge in [-0.1, -0.05) is 24.3 Å². The van der Waals surface area contributed by atoms with Crippen LogP contribution >= 0.6 is 23.7 Å². The van der Waals surface area contributed by atoms with Gasteiger partial charge in [0.05, 0.1) is 11.4 Å². The van der Waals surface area contributed by atoms with E-state index in [1.165, 1.54) is 11.3 Å². The fraction of sp³-hybridized carbons (Fsp3) is 0.400. The molecule has 1 saturated heterocycles. The SMILES string of the molecule is Cl.O=C(CN1CCC(CN2Cc3ccccc3C2=O)CC1)c1cccs1. The molecule has 1 aromatic carbocycles. The van der Waals surface area contributed by atoms with Crippen LogP contribution in [-0.4, -0.2) is 47.7 Å². The molecule has 0 aliphatic carbocycles. The highest BCUT2D eigenvalue weighted by Gasteiger charge is 2.30. The van der Waals surface area contributed by atoms with Gasteiger partial charge in [0, 0.05) is 18.7 Å². The Kier molecular flexibility index (Phi) is 6.12. The standard InChI is InChI=1S/C20H22N2O2S.ClH/c23-18(19-6-3-11-25-19)14-21-9-7-15(8-10-21)12-22-13-16-4-1-2-5-17(16)20(22)24;/h1-6,11,15H,7-10,12-14H2;1H. The van der Waals surface area contributed by atoms with E-state index >= 15 is 0 Å². The van der Waals surface area contributed by atoms with Gasteiger partial charge in [0.1, 0.15) is 0 Å². The van der Waals surface area contributed by atoms with Crippen LogP contribution in [0.25, 0.3) is 0 Å². The van der Waals surface area contributed by atoms with Crippen molar-refractivity contribution in [1.29, 1.82) is 0 Å². The third kappa shape index (κ3) is 4.00. The summed E-state index contributed by atoms with van der Waals surface area (Å²) in [5, 5.41) is 1.95. The Morgan fingerprint density at radius 2 is 1.88 bits per heavy atom. The van der Waals surface area contributed by atoms with Crippen molar-refractivity contribution < 1.29 is 9.59 Å². The van der Waals surface area contributed by atoms with Crippen LogP contribution in [-0.2, 0) is 6.54 Å². The van der Waals surface area contributed by atoms with Gasteiger partial charge in [-0.05, 0) is 54.9 Å². The number of rotatable bonds is 5. The summed E-state index contributed by atoms with van der Waals surface area (Å²) in [6, 6.07) is 11.7. The van der Waals surface area contributed by atoms with Crippen molar-refractivity contribution in [3.63, 3.8) is 0 Å². The Morgan fingerprint density at radius 3 is 2.58 bits per heavy atom. The molecular weight excluding hydrogens is 368 g/mol. The Labute approximate surface area is 164 Å². The lowest BCUT2D eigenvalue weighted by Crippen LogP contribution is -2.40. The Morgan fingerprint density at radius 1 is 1.12 bits per heavy atom. The first-order valence-electron chi connectivity index (χ1n) is 8.87. The maximum Gasteiger partial charge on any atom is 0.254 e. The van der Waals surface area contributed by atoms with Crippen LogP contribution in [0, 0.1) is 5.92 Å². The molecule has 0 saturated carbocycles. The van der Waals surface area contributed by atoms with E-state index in [0.29, 0.717) is 12.5 Å². The molecular formula is C20H23ClN2O2S. The minimum Gasteiger partial charge on any atom is -0.334 e. The predicted molar refractivity (Wildman–Crippen MR) is 106 cm³/mol. The van der Waals surface area contributed by atoms with Crippen LogP contribution in [0.15, 0.2) is 41.8 Å². The molecule has 0 N–H and O–H groups in total. The average Bonchev–Trinajstić information content (AvgIpc) is 3.26. The van der Waals surface area contributed by atoms with Crippen LogP contribution in [0.2, 0.25) is 0 Å². The summed E-state index contributed by atoms with van der Waals surface area (Å²) >= 11 is 1.52. The molecule has 26 heavy (non-hydrogen) atoms. The normalized spacial score (nSPS) is 17.8. The molecule has 1 amide bonds. The van der Waals surface area contributed by atoms with Gasteiger partial charge >= 0.3 is 0 Å². The number of Topliss-reactive ketones (excluding diaryl/α,β-unsaturated/α-hetero) is 1. The number of hydrogen-bond acceptors (Lipinski definition) is 4. The number of benzene rings is 1. The zero-order valence-electron chi connectivity index (χ0n) is 14.6. The zero-order valence-corrected chi connectivity index (χ0v) is 16.2. The van der Waals surface area contributed by atoms with E-state index in [0.717, 1.165) is 55.0 Å². The third-order valence-electron chi connectivity index (χ3n) is 5.25. The number of halogens is 1. The number of ketones is 1. The molecule has 2 aliphatic rings. The first kappa shape index (κ1) is 19.1. The summed E-state index contributed by atoms with van der Waals surface area (Å²) in [6.45, 7) is 3.97. The largest absolute Gasteiger partial charge is 0.334 e. The zero-order chi connectivity index (χ0) is 17.2. The molecule has 0 radical (unpaired) electrons. The summed E-state index contributed by atoms with van der Waals surface area (Å²) in [6.07, 6.45) is 2.11. The van der Waals surface area contributed by atoms with E-state index in [1.807, 2.05) is 46.7 Å². The van der Waals surface area contributed by atoms with Crippen molar-refractivity contribution in [2.45, 2.75) is 19.4 Å². The highest BCUT2D eigenvalue weighted by Crippen LogP contribution is 2.26. The Balaban J connectivity index is 0.00000196. The second kappa shape index (κ2) is 8.33. The first-order valence-corrected chi connectivity index (χ1v) is 9.75. The molecule has 138 valence electrons. The maximum absolute atomic E-state index is 12.5. The molecule has 1 aromatic heterocycles. The Hall–Kier alpha value is -1.69. The molecule has 4 nitrogen and oxygen atoms in total. The average molecular weight is 391 g/mol. The number of fused-ring (bicyclic) bond motifs is 1. The third-order valence-corrected chi connectivity index (χ3v) is 6.16. The highest BCUT2D eigenvalue weighted by atomic mass is 35.5. The smallest absolute Gasteiger partial charge is 0.254 e. The summed E-state index contributed by atoms with van der Waals surface area (Å²) < 4.78 is 0. The lowest BCUT2D eigenvalue weighted by atomic mass is 9.96. The van der Waals surface area contributed by atoms with Crippen molar-refractivity contribution in [2.24, 2.45) is 5.92 Å².